The molecule has 0 saturated carbocycles. The number of anilines is 1. The van der Waals surface area contributed by atoms with E-state index in [1.165, 1.54) is 32.2 Å². The van der Waals surface area contributed by atoms with E-state index >= 15 is 0 Å². The number of methoxy groups -OCH3 is 1. The molecule has 1 amide bonds. The molecule has 1 N–H and O–H groups in total. The highest BCUT2D eigenvalue weighted by molar-refractivity contribution is 6.31. The molecule has 27 heavy (non-hydrogen) atoms. The average molecular weight is 393 g/mol. The van der Waals surface area contributed by atoms with Crippen LogP contribution in [0.2, 0.25) is 5.02 Å². The first-order valence-electron chi connectivity index (χ1n) is 7.83. The topological polar surface area (TPSA) is 108 Å². The maximum atomic E-state index is 12.3. The van der Waals surface area contributed by atoms with E-state index in [9.17, 15) is 19.7 Å². The smallest absolute Gasteiger partial charge is 0.339 e. The zero-order chi connectivity index (χ0) is 20.1. The molecule has 2 aromatic carbocycles. The third-order valence-electron chi connectivity index (χ3n) is 3.71. The van der Waals surface area contributed by atoms with Crippen molar-refractivity contribution in [3.05, 3.63) is 62.7 Å². The first-order chi connectivity index (χ1) is 12.7. The highest BCUT2D eigenvalue weighted by atomic mass is 35.5. The van der Waals surface area contributed by atoms with Crippen LogP contribution in [0.15, 0.2) is 36.4 Å². The molecular weight excluding hydrogens is 376 g/mol. The van der Waals surface area contributed by atoms with Crippen LogP contribution in [0.1, 0.15) is 22.8 Å². The monoisotopic (exact) mass is 392 g/mol. The summed E-state index contributed by atoms with van der Waals surface area (Å²) in [5, 5.41) is 13.9. The van der Waals surface area contributed by atoms with Crippen LogP contribution in [-0.2, 0) is 9.53 Å². The molecule has 0 heterocycles. The van der Waals surface area contributed by atoms with Crippen molar-refractivity contribution in [1.29, 1.82) is 0 Å². The molecule has 9 heteroatoms. The van der Waals surface area contributed by atoms with Gasteiger partial charge in [0.25, 0.3) is 11.6 Å². The van der Waals surface area contributed by atoms with Crippen molar-refractivity contribution in [3.63, 3.8) is 0 Å². The number of nitro benzene ring substituents is 1. The highest BCUT2D eigenvalue weighted by Gasteiger charge is 2.22. The van der Waals surface area contributed by atoms with E-state index in [4.69, 9.17) is 21.1 Å². The molecule has 0 aliphatic carbocycles. The van der Waals surface area contributed by atoms with Crippen LogP contribution in [0.5, 0.6) is 5.75 Å². The second-order valence-electron chi connectivity index (χ2n) is 5.64. The number of halogens is 1. The third-order valence-corrected chi connectivity index (χ3v) is 3.95. The molecule has 1 atom stereocenters. The molecule has 8 nitrogen and oxygen atoms in total. The molecule has 142 valence electrons. The van der Waals surface area contributed by atoms with E-state index in [1.54, 1.807) is 19.1 Å². The minimum atomic E-state index is -1.15. The second kappa shape index (κ2) is 8.50. The lowest BCUT2D eigenvalue weighted by Crippen LogP contribution is -2.30. The van der Waals surface area contributed by atoms with Crippen molar-refractivity contribution in [2.45, 2.75) is 20.0 Å². The summed E-state index contributed by atoms with van der Waals surface area (Å²) in [6.07, 6.45) is -1.15. The fraction of sp³-hybridized carbons (Fsp3) is 0.222. The molecule has 0 aromatic heterocycles. The Hall–Kier alpha value is -3.13. The predicted molar refractivity (Wildman–Crippen MR) is 99.3 cm³/mol. The summed E-state index contributed by atoms with van der Waals surface area (Å²) in [7, 11) is 1.44. The number of hydrogen-bond donors (Lipinski definition) is 1. The molecule has 2 rings (SSSR count). The zero-order valence-corrected chi connectivity index (χ0v) is 15.6. The standard InChI is InChI=1S/C18H17ClN2O6/c1-10-4-5-12(8-15(10)21(24)25)18(23)27-11(2)17(22)20-14-9-13(19)6-7-16(14)26-3/h4-9,11H,1-3H3,(H,20,22)/t11-/m1/s1. The molecule has 0 unspecified atom stereocenters. The quantitative estimate of drug-likeness (QED) is 0.455. The van der Waals surface area contributed by atoms with Gasteiger partial charge in [-0.25, -0.2) is 4.79 Å². The first kappa shape index (κ1) is 20.2. The van der Waals surface area contributed by atoms with Crippen molar-refractivity contribution in [2.24, 2.45) is 0 Å². The highest BCUT2D eigenvalue weighted by Crippen LogP contribution is 2.28. The van der Waals surface area contributed by atoms with E-state index in [2.05, 4.69) is 5.32 Å². The number of carbonyl (C=O) groups is 2. The number of carbonyl (C=O) groups excluding carboxylic acids is 2. The van der Waals surface area contributed by atoms with Crippen molar-refractivity contribution in [3.8, 4) is 5.75 Å². The summed E-state index contributed by atoms with van der Waals surface area (Å²) in [6.45, 7) is 2.94. The minimum Gasteiger partial charge on any atom is -0.495 e. The lowest BCUT2D eigenvalue weighted by atomic mass is 10.1. The van der Waals surface area contributed by atoms with E-state index in [0.29, 0.717) is 22.0 Å². The van der Waals surface area contributed by atoms with Gasteiger partial charge in [0.05, 0.1) is 23.3 Å². The van der Waals surface area contributed by atoms with Crippen LogP contribution in [0.25, 0.3) is 0 Å². The number of benzene rings is 2. The van der Waals surface area contributed by atoms with Crippen molar-refractivity contribution >= 4 is 34.9 Å². The Morgan fingerprint density at radius 1 is 1.22 bits per heavy atom. The van der Waals surface area contributed by atoms with Crippen LogP contribution in [0.3, 0.4) is 0 Å². The molecule has 0 spiro atoms. The number of rotatable bonds is 6. The summed E-state index contributed by atoms with van der Waals surface area (Å²) in [6, 6.07) is 8.63. The Bertz CT molecular complexity index is 899. The number of nitrogens with one attached hydrogen (secondary N) is 1. The van der Waals surface area contributed by atoms with E-state index in [-0.39, 0.29) is 11.3 Å². The predicted octanol–water partition coefficient (Wildman–Crippen LogP) is 3.75. The van der Waals surface area contributed by atoms with Crippen LogP contribution in [0.4, 0.5) is 11.4 Å². The Labute approximate surface area is 160 Å². The largest absolute Gasteiger partial charge is 0.495 e. The van der Waals surface area contributed by atoms with E-state index in [0.717, 1.165) is 6.07 Å². The number of nitro groups is 1. The number of esters is 1. The van der Waals surface area contributed by atoms with Gasteiger partial charge in [-0.15, -0.1) is 0 Å². The Kier molecular flexibility index (Phi) is 6.36. The second-order valence-corrected chi connectivity index (χ2v) is 6.08. The summed E-state index contributed by atoms with van der Waals surface area (Å²) >= 11 is 5.91. The van der Waals surface area contributed by atoms with Crippen LogP contribution in [-0.4, -0.2) is 30.0 Å². The Morgan fingerprint density at radius 2 is 1.93 bits per heavy atom. The van der Waals surface area contributed by atoms with Crippen LogP contribution < -0.4 is 10.1 Å². The average Bonchev–Trinajstić information content (AvgIpc) is 2.61. The molecule has 2 aromatic rings. The number of nitrogens with zero attached hydrogens (tertiary/aromatic N) is 1. The molecule has 0 aliphatic rings. The first-order valence-corrected chi connectivity index (χ1v) is 8.21. The maximum absolute atomic E-state index is 12.3. The lowest BCUT2D eigenvalue weighted by molar-refractivity contribution is -0.385. The number of ether oxygens (including phenoxy) is 2. The van der Waals surface area contributed by atoms with Gasteiger partial charge in [-0.2, -0.15) is 0 Å². The van der Waals surface area contributed by atoms with Gasteiger partial charge in [0.15, 0.2) is 6.10 Å². The number of amides is 1. The van der Waals surface area contributed by atoms with Crippen molar-refractivity contribution in [2.75, 3.05) is 12.4 Å². The molecule has 0 radical (unpaired) electrons. The summed E-state index contributed by atoms with van der Waals surface area (Å²) in [5.41, 5.74) is 0.511. The molecule has 0 aliphatic heterocycles. The third kappa shape index (κ3) is 4.95. The SMILES string of the molecule is COc1ccc(Cl)cc1NC(=O)[C@@H](C)OC(=O)c1ccc(C)c([N+](=O)[O-])c1. The van der Waals surface area contributed by atoms with Crippen LogP contribution >= 0.6 is 11.6 Å². The summed E-state index contributed by atoms with van der Waals surface area (Å²) in [5.74, 6) is -1.07. The van der Waals surface area contributed by atoms with Gasteiger partial charge in [-0.05, 0) is 38.1 Å². The number of aryl methyl sites for hydroxylation is 1. The number of hydrogen-bond acceptors (Lipinski definition) is 6. The van der Waals surface area contributed by atoms with Gasteiger partial charge < -0.3 is 14.8 Å². The van der Waals surface area contributed by atoms with Gasteiger partial charge in [-0.1, -0.05) is 17.7 Å². The zero-order valence-electron chi connectivity index (χ0n) is 14.8. The van der Waals surface area contributed by atoms with Gasteiger partial charge in [0.1, 0.15) is 5.75 Å². The minimum absolute atomic E-state index is 0.0210. The van der Waals surface area contributed by atoms with Crippen molar-refractivity contribution in [1.82, 2.24) is 0 Å². The fourth-order valence-electron chi connectivity index (χ4n) is 2.23. The Morgan fingerprint density at radius 3 is 2.56 bits per heavy atom. The van der Waals surface area contributed by atoms with Gasteiger partial charge in [0.2, 0.25) is 0 Å². The molecule has 0 bridgehead atoms. The molecule has 0 fully saturated rings. The lowest BCUT2D eigenvalue weighted by Gasteiger charge is -2.15. The molecule has 0 saturated heterocycles. The summed E-state index contributed by atoms with van der Waals surface area (Å²) < 4.78 is 10.2. The van der Waals surface area contributed by atoms with Gasteiger partial charge in [0, 0.05) is 16.7 Å². The van der Waals surface area contributed by atoms with Crippen LogP contribution in [0, 0.1) is 17.0 Å². The normalized spacial score (nSPS) is 11.4. The van der Waals surface area contributed by atoms with E-state index < -0.39 is 22.9 Å². The van der Waals surface area contributed by atoms with Gasteiger partial charge >= 0.3 is 5.97 Å². The van der Waals surface area contributed by atoms with E-state index in [1.807, 2.05) is 0 Å². The van der Waals surface area contributed by atoms with Gasteiger partial charge in [-0.3, -0.25) is 14.9 Å². The molecular formula is C18H17ClN2O6. The summed E-state index contributed by atoms with van der Waals surface area (Å²) in [4.78, 5) is 34.9. The van der Waals surface area contributed by atoms with Crippen molar-refractivity contribution < 1.29 is 24.0 Å². The maximum Gasteiger partial charge on any atom is 0.339 e. The fourth-order valence-corrected chi connectivity index (χ4v) is 2.40. The Balaban J connectivity index is 2.10.